The molecule has 0 saturated heterocycles. The van der Waals surface area contributed by atoms with Crippen LogP contribution < -0.4 is 0 Å². The Balaban J connectivity index is 0.00000144. The van der Waals surface area contributed by atoms with E-state index in [0.29, 0.717) is 0 Å². The van der Waals surface area contributed by atoms with E-state index in [2.05, 4.69) is 37.7 Å². The van der Waals surface area contributed by atoms with Gasteiger partial charge in [0.15, 0.2) is 0 Å². The third kappa shape index (κ3) is 3.23. The monoisotopic (exact) mass is 225 g/mol. The fraction of sp³-hybridized carbons (Fsp3) is 0.800. The van der Waals surface area contributed by atoms with Crippen LogP contribution in [0.5, 0.6) is 0 Å². The Labute approximate surface area is 91.1 Å². The molecule has 0 spiro atoms. The first kappa shape index (κ1) is 12.8. The fourth-order valence-electron chi connectivity index (χ4n) is 1.44. The van der Waals surface area contributed by atoms with Crippen LogP contribution in [-0.2, 0) is 16.8 Å². The second-order valence-corrected chi connectivity index (χ2v) is 3.84. The molecular formula is C10H18CoN2. The van der Waals surface area contributed by atoms with Gasteiger partial charge in [0.2, 0.25) is 0 Å². The Morgan fingerprint density at radius 3 is 2.15 bits per heavy atom. The molecule has 0 unspecified atom stereocenters. The molecule has 0 aromatic carbocycles. The van der Waals surface area contributed by atoms with Gasteiger partial charge in [0.05, 0.1) is 23.5 Å². The van der Waals surface area contributed by atoms with Crippen molar-refractivity contribution in [1.82, 2.24) is 0 Å². The van der Waals surface area contributed by atoms with Gasteiger partial charge in [-0.05, 0) is 26.7 Å². The molecule has 1 aliphatic rings. The maximum Gasteiger partial charge on any atom is 0.0750 e. The molecule has 1 aliphatic heterocycles. The minimum Gasteiger partial charge on any atom is -0.285 e. The van der Waals surface area contributed by atoms with Crippen molar-refractivity contribution >= 4 is 11.4 Å². The molecule has 0 aromatic heterocycles. The summed E-state index contributed by atoms with van der Waals surface area (Å²) in [4.78, 5) is 9.21. The maximum absolute atomic E-state index is 4.67. The molecule has 1 rings (SSSR count). The average molecular weight is 225 g/mol. The molecule has 0 aromatic rings. The molecule has 0 amide bonds. The Hall–Kier alpha value is -0.154. The summed E-state index contributed by atoms with van der Waals surface area (Å²) in [5.41, 5.74) is 2.44. The standard InChI is InChI=1S/C10H18N2.Co/c1-5-8-9(6-2)12-10(3,4)7-11-8;/h5-7H2,1-4H3;. The van der Waals surface area contributed by atoms with Crippen LogP contribution in [0.15, 0.2) is 9.98 Å². The van der Waals surface area contributed by atoms with Crippen molar-refractivity contribution in [2.45, 2.75) is 46.1 Å². The Bertz CT molecular complexity index is 229. The van der Waals surface area contributed by atoms with Gasteiger partial charge in [-0.1, -0.05) is 13.8 Å². The van der Waals surface area contributed by atoms with E-state index in [1.165, 1.54) is 11.4 Å². The van der Waals surface area contributed by atoms with Crippen LogP contribution in [0.2, 0.25) is 0 Å². The molecule has 1 heterocycles. The van der Waals surface area contributed by atoms with Gasteiger partial charge in [-0.3, -0.25) is 9.98 Å². The molecule has 2 nitrogen and oxygen atoms in total. The predicted octanol–water partition coefficient (Wildman–Crippen LogP) is 2.48. The van der Waals surface area contributed by atoms with Crippen LogP contribution in [0.4, 0.5) is 0 Å². The molecule has 13 heavy (non-hydrogen) atoms. The van der Waals surface area contributed by atoms with Crippen molar-refractivity contribution in [3.63, 3.8) is 0 Å². The summed E-state index contributed by atoms with van der Waals surface area (Å²) >= 11 is 0. The quantitative estimate of drug-likeness (QED) is 0.689. The molecule has 0 N–H and O–H groups in total. The third-order valence-corrected chi connectivity index (χ3v) is 2.10. The van der Waals surface area contributed by atoms with E-state index in [1.807, 2.05) is 0 Å². The van der Waals surface area contributed by atoms with Gasteiger partial charge >= 0.3 is 0 Å². The fourth-order valence-corrected chi connectivity index (χ4v) is 1.44. The van der Waals surface area contributed by atoms with E-state index in [9.17, 15) is 0 Å². The first-order chi connectivity index (χ1) is 5.59. The van der Waals surface area contributed by atoms with Gasteiger partial charge in [-0.15, -0.1) is 0 Å². The summed E-state index contributed by atoms with van der Waals surface area (Å²) in [7, 11) is 0. The molecular weight excluding hydrogens is 207 g/mol. The number of hydrogen-bond acceptors (Lipinski definition) is 2. The van der Waals surface area contributed by atoms with Crippen molar-refractivity contribution in [3.8, 4) is 0 Å². The number of rotatable bonds is 2. The smallest absolute Gasteiger partial charge is 0.0750 e. The van der Waals surface area contributed by atoms with Crippen molar-refractivity contribution in [3.05, 3.63) is 0 Å². The second kappa shape index (κ2) is 4.91. The van der Waals surface area contributed by atoms with E-state index in [1.54, 1.807) is 0 Å². The summed E-state index contributed by atoms with van der Waals surface area (Å²) in [6, 6.07) is 0. The predicted molar refractivity (Wildman–Crippen MR) is 54.4 cm³/mol. The molecule has 1 radical (unpaired) electrons. The first-order valence-corrected chi connectivity index (χ1v) is 4.71. The zero-order valence-corrected chi connectivity index (χ0v) is 9.89. The first-order valence-electron chi connectivity index (χ1n) is 4.71. The van der Waals surface area contributed by atoms with Crippen LogP contribution in [0, 0.1) is 0 Å². The van der Waals surface area contributed by atoms with E-state index < -0.39 is 0 Å². The van der Waals surface area contributed by atoms with Gasteiger partial charge in [-0.25, -0.2) is 0 Å². The normalized spacial score (nSPS) is 20.0. The summed E-state index contributed by atoms with van der Waals surface area (Å²) in [6.07, 6.45) is 2.03. The van der Waals surface area contributed by atoms with Crippen LogP contribution in [0.25, 0.3) is 0 Å². The Morgan fingerprint density at radius 1 is 1.15 bits per heavy atom. The van der Waals surface area contributed by atoms with E-state index in [-0.39, 0.29) is 22.3 Å². The molecule has 3 heteroatoms. The Morgan fingerprint density at radius 2 is 1.69 bits per heavy atom. The number of nitrogens with zero attached hydrogens (tertiary/aromatic N) is 2. The van der Waals surface area contributed by atoms with Crippen molar-refractivity contribution < 1.29 is 16.8 Å². The molecule has 0 saturated carbocycles. The molecule has 0 fully saturated rings. The zero-order valence-electron chi connectivity index (χ0n) is 8.85. The van der Waals surface area contributed by atoms with Crippen molar-refractivity contribution in [1.29, 1.82) is 0 Å². The van der Waals surface area contributed by atoms with Crippen LogP contribution in [0.3, 0.4) is 0 Å². The number of hydrogen-bond donors (Lipinski definition) is 0. The minimum atomic E-state index is 0. The van der Waals surface area contributed by atoms with Crippen LogP contribution >= 0.6 is 0 Å². The van der Waals surface area contributed by atoms with Crippen LogP contribution in [0.1, 0.15) is 40.5 Å². The van der Waals surface area contributed by atoms with Gasteiger partial charge in [0.25, 0.3) is 0 Å². The number of aliphatic imine (C=N–C) groups is 2. The van der Waals surface area contributed by atoms with E-state index in [4.69, 9.17) is 0 Å². The van der Waals surface area contributed by atoms with Crippen molar-refractivity contribution in [2.75, 3.05) is 6.54 Å². The summed E-state index contributed by atoms with van der Waals surface area (Å²) in [5.74, 6) is 0. The van der Waals surface area contributed by atoms with E-state index >= 15 is 0 Å². The summed E-state index contributed by atoms with van der Waals surface area (Å²) in [5, 5.41) is 0. The minimum absolute atomic E-state index is 0. The zero-order chi connectivity index (χ0) is 9.19. The molecule has 0 aliphatic carbocycles. The topological polar surface area (TPSA) is 24.7 Å². The Kier molecular flexibility index (Phi) is 4.85. The maximum atomic E-state index is 4.67. The third-order valence-electron chi connectivity index (χ3n) is 2.10. The summed E-state index contributed by atoms with van der Waals surface area (Å²) in [6.45, 7) is 9.41. The molecule has 0 bridgehead atoms. The van der Waals surface area contributed by atoms with Gasteiger partial charge < -0.3 is 0 Å². The van der Waals surface area contributed by atoms with Crippen LogP contribution in [-0.4, -0.2) is 23.5 Å². The van der Waals surface area contributed by atoms with E-state index in [0.717, 1.165) is 19.4 Å². The average Bonchev–Trinajstić information content (AvgIpc) is 2.03. The largest absolute Gasteiger partial charge is 0.285 e. The van der Waals surface area contributed by atoms with Gasteiger partial charge in [0, 0.05) is 16.8 Å². The van der Waals surface area contributed by atoms with Gasteiger partial charge in [-0.2, -0.15) is 0 Å². The SMILES string of the molecule is CCC1=NCC(C)(C)N=C1CC.[Co]. The summed E-state index contributed by atoms with van der Waals surface area (Å²) < 4.78 is 0. The van der Waals surface area contributed by atoms with Crippen molar-refractivity contribution in [2.24, 2.45) is 9.98 Å². The molecule has 77 valence electrons. The molecule has 0 atom stereocenters. The second-order valence-electron chi connectivity index (χ2n) is 3.84. The van der Waals surface area contributed by atoms with Gasteiger partial charge in [0.1, 0.15) is 0 Å².